The minimum absolute atomic E-state index is 0.0707. The number of ketones is 1. The van der Waals surface area contributed by atoms with Crippen molar-refractivity contribution in [3.63, 3.8) is 0 Å². The third-order valence-corrected chi connectivity index (χ3v) is 2.15. The molecule has 3 nitrogen and oxygen atoms in total. The van der Waals surface area contributed by atoms with E-state index < -0.39 is 0 Å². The van der Waals surface area contributed by atoms with E-state index >= 15 is 0 Å². The van der Waals surface area contributed by atoms with E-state index in [1.807, 2.05) is 24.1 Å². The van der Waals surface area contributed by atoms with Crippen molar-refractivity contribution in [3.05, 3.63) is 29.8 Å². The van der Waals surface area contributed by atoms with Crippen LogP contribution in [0.2, 0.25) is 0 Å². The van der Waals surface area contributed by atoms with Crippen LogP contribution >= 0.6 is 0 Å². The van der Waals surface area contributed by atoms with Crippen molar-refractivity contribution in [1.29, 1.82) is 0 Å². The number of aliphatic hydroxyl groups excluding tert-OH is 1. The lowest BCUT2D eigenvalue weighted by atomic mass is 10.1. The van der Waals surface area contributed by atoms with Crippen LogP contribution in [0.25, 0.3) is 0 Å². The van der Waals surface area contributed by atoms with Crippen LogP contribution in [0.1, 0.15) is 17.3 Å². The molecule has 1 aromatic rings. The predicted octanol–water partition coefficient (Wildman–Crippen LogP) is 1.32. The Kier molecular flexibility index (Phi) is 3.65. The second kappa shape index (κ2) is 4.77. The molecule has 0 bridgehead atoms. The number of benzene rings is 1. The molecule has 1 aromatic carbocycles. The van der Waals surface area contributed by atoms with E-state index in [0.29, 0.717) is 12.1 Å². The molecule has 0 aliphatic heterocycles. The summed E-state index contributed by atoms with van der Waals surface area (Å²) in [5.74, 6) is 0.0707. The van der Waals surface area contributed by atoms with Gasteiger partial charge >= 0.3 is 0 Å². The monoisotopic (exact) mass is 193 g/mol. The summed E-state index contributed by atoms with van der Waals surface area (Å²) in [6.07, 6.45) is 0. The number of likely N-dealkylation sites (N-methyl/N-ethyl adjacent to an activating group) is 1. The van der Waals surface area contributed by atoms with E-state index in [0.717, 1.165) is 5.69 Å². The molecule has 0 atom stereocenters. The maximum atomic E-state index is 11.0. The summed E-state index contributed by atoms with van der Waals surface area (Å²) in [5, 5.41) is 8.75. The van der Waals surface area contributed by atoms with Gasteiger partial charge in [0.2, 0.25) is 0 Å². The van der Waals surface area contributed by atoms with Crippen LogP contribution in [0.3, 0.4) is 0 Å². The number of nitrogens with zero attached hydrogens (tertiary/aromatic N) is 1. The lowest BCUT2D eigenvalue weighted by molar-refractivity contribution is 0.101. The van der Waals surface area contributed by atoms with Crippen LogP contribution in [-0.2, 0) is 0 Å². The summed E-state index contributed by atoms with van der Waals surface area (Å²) in [7, 11) is 1.90. The van der Waals surface area contributed by atoms with Gasteiger partial charge in [-0.15, -0.1) is 0 Å². The highest BCUT2D eigenvalue weighted by Crippen LogP contribution is 2.13. The predicted molar refractivity (Wildman–Crippen MR) is 56.8 cm³/mol. The molecule has 0 amide bonds. The summed E-state index contributed by atoms with van der Waals surface area (Å²) >= 11 is 0. The van der Waals surface area contributed by atoms with Gasteiger partial charge in [0.05, 0.1) is 6.61 Å². The Labute approximate surface area is 84.0 Å². The number of anilines is 1. The fourth-order valence-corrected chi connectivity index (χ4v) is 1.23. The van der Waals surface area contributed by atoms with Crippen LogP contribution in [0.4, 0.5) is 5.69 Å². The van der Waals surface area contributed by atoms with Crippen molar-refractivity contribution >= 4 is 11.5 Å². The van der Waals surface area contributed by atoms with Crippen molar-refractivity contribution in [2.75, 3.05) is 25.1 Å². The Morgan fingerprint density at radius 2 is 1.93 bits per heavy atom. The second-order valence-corrected chi connectivity index (χ2v) is 3.25. The highest BCUT2D eigenvalue weighted by Gasteiger charge is 2.01. The molecule has 0 saturated heterocycles. The lowest BCUT2D eigenvalue weighted by Crippen LogP contribution is -2.20. The third kappa shape index (κ3) is 2.57. The van der Waals surface area contributed by atoms with Gasteiger partial charge in [0.15, 0.2) is 5.78 Å². The molecule has 1 rings (SSSR count). The van der Waals surface area contributed by atoms with Crippen LogP contribution in [-0.4, -0.2) is 31.1 Å². The first-order valence-corrected chi connectivity index (χ1v) is 4.58. The second-order valence-electron chi connectivity index (χ2n) is 3.25. The molecular weight excluding hydrogens is 178 g/mol. The molecule has 0 saturated carbocycles. The lowest BCUT2D eigenvalue weighted by Gasteiger charge is -2.17. The fraction of sp³-hybridized carbons (Fsp3) is 0.364. The maximum Gasteiger partial charge on any atom is 0.159 e. The topological polar surface area (TPSA) is 40.5 Å². The van der Waals surface area contributed by atoms with Crippen molar-refractivity contribution < 1.29 is 9.90 Å². The maximum absolute atomic E-state index is 11.0. The molecule has 0 aromatic heterocycles. The van der Waals surface area contributed by atoms with Gasteiger partial charge in [0, 0.05) is 24.8 Å². The largest absolute Gasteiger partial charge is 0.395 e. The highest BCUT2D eigenvalue weighted by atomic mass is 16.3. The molecule has 76 valence electrons. The zero-order chi connectivity index (χ0) is 10.6. The number of rotatable bonds is 4. The summed E-state index contributed by atoms with van der Waals surface area (Å²) in [6.45, 7) is 2.27. The zero-order valence-electron chi connectivity index (χ0n) is 8.53. The number of aliphatic hydroxyl groups is 1. The first-order valence-electron chi connectivity index (χ1n) is 4.58. The Balaban J connectivity index is 2.77. The van der Waals surface area contributed by atoms with Gasteiger partial charge in [0.1, 0.15) is 0 Å². The fourth-order valence-electron chi connectivity index (χ4n) is 1.23. The molecule has 0 heterocycles. The van der Waals surface area contributed by atoms with Gasteiger partial charge in [0.25, 0.3) is 0 Å². The Bertz CT molecular complexity index is 306. The average Bonchev–Trinajstić information content (AvgIpc) is 2.18. The highest BCUT2D eigenvalue weighted by molar-refractivity contribution is 5.94. The molecule has 0 spiro atoms. The molecule has 0 aliphatic rings. The van der Waals surface area contributed by atoms with E-state index in [-0.39, 0.29) is 12.4 Å². The summed E-state index contributed by atoms with van der Waals surface area (Å²) in [5.41, 5.74) is 1.72. The minimum atomic E-state index is 0.0707. The molecule has 3 heteroatoms. The van der Waals surface area contributed by atoms with E-state index in [1.54, 1.807) is 19.1 Å². The number of hydrogen-bond acceptors (Lipinski definition) is 3. The summed E-state index contributed by atoms with van der Waals surface area (Å²) in [4.78, 5) is 12.9. The van der Waals surface area contributed by atoms with Crippen LogP contribution in [0, 0.1) is 0 Å². The van der Waals surface area contributed by atoms with Crippen LogP contribution in [0.15, 0.2) is 24.3 Å². The van der Waals surface area contributed by atoms with Crippen molar-refractivity contribution in [2.45, 2.75) is 6.92 Å². The van der Waals surface area contributed by atoms with Gasteiger partial charge in [-0.3, -0.25) is 4.79 Å². The van der Waals surface area contributed by atoms with E-state index in [2.05, 4.69) is 0 Å². The van der Waals surface area contributed by atoms with Crippen LogP contribution < -0.4 is 4.90 Å². The number of carbonyl (C=O) groups excluding carboxylic acids is 1. The Morgan fingerprint density at radius 3 is 2.36 bits per heavy atom. The third-order valence-electron chi connectivity index (χ3n) is 2.15. The molecule has 1 N–H and O–H groups in total. The average molecular weight is 193 g/mol. The first kappa shape index (κ1) is 10.7. The van der Waals surface area contributed by atoms with Crippen molar-refractivity contribution in [3.8, 4) is 0 Å². The normalized spacial score (nSPS) is 9.93. The quantitative estimate of drug-likeness (QED) is 0.733. The first-order chi connectivity index (χ1) is 6.65. The zero-order valence-corrected chi connectivity index (χ0v) is 8.53. The summed E-state index contributed by atoms with van der Waals surface area (Å²) in [6, 6.07) is 7.36. The molecule has 0 fully saturated rings. The molecule has 14 heavy (non-hydrogen) atoms. The molecule has 0 unspecified atom stereocenters. The number of Topliss-reactive ketones (excluding diaryl/α,β-unsaturated/α-hetero) is 1. The summed E-state index contributed by atoms with van der Waals surface area (Å²) < 4.78 is 0. The van der Waals surface area contributed by atoms with Crippen LogP contribution in [0.5, 0.6) is 0 Å². The smallest absolute Gasteiger partial charge is 0.159 e. The minimum Gasteiger partial charge on any atom is -0.395 e. The van der Waals surface area contributed by atoms with Gasteiger partial charge in [-0.25, -0.2) is 0 Å². The van der Waals surface area contributed by atoms with Crippen molar-refractivity contribution in [1.82, 2.24) is 0 Å². The number of carbonyl (C=O) groups is 1. The van der Waals surface area contributed by atoms with E-state index in [9.17, 15) is 4.79 Å². The van der Waals surface area contributed by atoms with Gasteiger partial charge < -0.3 is 10.0 Å². The number of hydrogen-bond donors (Lipinski definition) is 1. The van der Waals surface area contributed by atoms with E-state index in [1.165, 1.54) is 0 Å². The molecule has 0 aliphatic carbocycles. The van der Waals surface area contributed by atoms with Gasteiger partial charge in [-0.1, -0.05) is 0 Å². The SMILES string of the molecule is CC(=O)c1ccc(N(C)CCO)cc1. The van der Waals surface area contributed by atoms with Gasteiger partial charge in [-0.2, -0.15) is 0 Å². The molecule has 0 radical (unpaired) electrons. The molecular formula is C11H15NO2. The van der Waals surface area contributed by atoms with Crippen molar-refractivity contribution in [2.24, 2.45) is 0 Å². The van der Waals surface area contributed by atoms with Gasteiger partial charge in [-0.05, 0) is 31.2 Å². The standard InChI is InChI=1S/C11H15NO2/c1-9(14)10-3-5-11(6-4-10)12(2)7-8-13/h3-6,13H,7-8H2,1-2H3. The Hall–Kier alpha value is -1.35. The van der Waals surface area contributed by atoms with E-state index in [4.69, 9.17) is 5.11 Å². The Morgan fingerprint density at radius 1 is 1.36 bits per heavy atom.